The van der Waals surface area contributed by atoms with Gasteiger partial charge in [-0.25, -0.2) is 4.79 Å². The fraction of sp³-hybridized carbons (Fsp3) is 0.474. The number of nitrogens with one attached hydrogen (secondary N) is 1. The van der Waals surface area contributed by atoms with Crippen LogP contribution in [0.4, 0.5) is 0 Å². The van der Waals surface area contributed by atoms with Crippen molar-refractivity contribution >= 4 is 29.1 Å². The van der Waals surface area contributed by atoms with E-state index in [0.717, 1.165) is 43.0 Å². The van der Waals surface area contributed by atoms with Crippen molar-refractivity contribution in [2.45, 2.75) is 51.0 Å². The Hall–Kier alpha value is -2.70. The van der Waals surface area contributed by atoms with Gasteiger partial charge in [0.25, 0.3) is 0 Å². The number of piperidine rings is 1. The molecule has 1 N–H and O–H groups in total. The monoisotopic (exact) mass is 357 g/mol. The summed E-state index contributed by atoms with van der Waals surface area (Å²) in [4.78, 5) is 46.6. The molecule has 0 radical (unpaired) electrons. The lowest BCUT2D eigenvalue weighted by atomic mass is 10.0. The number of carbonyl (C=O) groups is 3. The van der Waals surface area contributed by atoms with Crippen LogP contribution in [-0.2, 0) is 27.9 Å². The topological polar surface area (TPSA) is 90.2 Å². The van der Waals surface area contributed by atoms with Gasteiger partial charge in [0.15, 0.2) is 0 Å². The Kier molecular flexibility index (Phi) is 5.35. The number of unbranched alkanes of at least 4 members (excludes halogenated alkanes) is 3. The quantitative estimate of drug-likeness (QED) is 0.463. The number of carbonyl (C=O) groups excluding carboxylic acids is 3. The summed E-state index contributed by atoms with van der Waals surface area (Å²) < 4.78 is 3.04. The number of imide groups is 1. The van der Waals surface area contributed by atoms with E-state index in [2.05, 4.69) is 5.32 Å². The van der Waals surface area contributed by atoms with Crippen molar-refractivity contribution in [3.63, 3.8) is 0 Å². The van der Waals surface area contributed by atoms with Crippen LogP contribution < -0.4 is 11.0 Å². The number of hydrogen-bond acceptors (Lipinski definition) is 4. The third kappa shape index (κ3) is 3.47. The van der Waals surface area contributed by atoms with Crippen molar-refractivity contribution in [3.8, 4) is 0 Å². The van der Waals surface area contributed by atoms with Crippen LogP contribution in [0.25, 0.3) is 11.0 Å². The smallest absolute Gasteiger partial charge is 0.303 e. The predicted molar refractivity (Wildman–Crippen MR) is 96.8 cm³/mol. The Morgan fingerprint density at radius 1 is 1.15 bits per heavy atom. The van der Waals surface area contributed by atoms with Gasteiger partial charge in [0, 0.05) is 19.9 Å². The minimum Gasteiger partial charge on any atom is -0.303 e. The van der Waals surface area contributed by atoms with Gasteiger partial charge in [-0.15, -0.1) is 0 Å². The molecule has 2 amide bonds. The van der Waals surface area contributed by atoms with Crippen molar-refractivity contribution in [1.29, 1.82) is 0 Å². The fourth-order valence-electron chi connectivity index (χ4n) is 3.53. The Morgan fingerprint density at radius 2 is 1.96 bits per heavy atom. The SMILES string of the molecule is Cn1c(=O)n(C2CCC(=O)NC2=O)c2ccc(CCCCCC=O)cc21. The van der Waals surface area contributed by atoms with E-state index < -0.39 is 11.9 Å². The van der Waals surface area contributed by atoms with Crippen molar-refractivity contribution in [2.75, 3.05) is 0 Å². The number of fused-ring (bicyclic) bond motifs is 1. The first kappa shape index (κ1) is 18.1. The molecule has 1 aromatic heterocycles. The largest absolute Gasteiger partial charge is 0.329 e. The number of rotatable bonds is 7. The number of nitrogens with zero attached hydrogens (tertiary/aromatic N) is 2. The Bertz CT molecular complexity index is 909. The van der Waals surface area contributed by atoms with E-state index in [0.29, 0.717) is 18.4 Å². The van der Waals surface area contributed by atoms with E-state index in [-0.39, 0.29) is 18.0 Å². The van der Waals surface area contributed by atoms with Gasteiger partial charge in [0.1, 0.15) is 12.3 Å². The zero-order chi connectivity index (χ0) is 18.7. The highest BCUT2D eigenvalue weighted by atomic mass is 16.2. The van der Waals surface area contributed by atoms with Crippen molar-refractivity contribution < 1.29 is 14.4 Å². The van der Waals surface area contributed by atoms with Crippen LogP contribution >= 0.6 is 0 Å². The number of hydrogen-bond donors (Lipinski definition) is 1. The van der Waals surface area contributed by atoms with Crippen molar-refractivity contribution in [3.05, 3.63) is 34.2 Å². The van der Waals surface area contributed by atoms with Crippen LogP contribution in [0.3, 0.4) is 0 Å². The molecular weight excluding hydrogens is 334 g/mol. The molecule has 0 saturated carbocycles. The summed E-state index contributed by atoms with van der Waals surface area (Å²) in [5.74, 6) is -0.716. The maximum absolute atomic E-state index is 12.7. The van der Waals surface area contributed by atoms with E-state index in [1.807, 2.05) is 18.2 Å². The van der Waals surface area contributed by atoms with Crippen LogP contribution in [0, 0.1) is 0 Å². The van der Waals surface area contributed by atoms with Crippen LogP contribution in [0.15, 0.2) is 23.0 Å². The highest BCUT2D eigenvalue weighted by molar-refractivity contribution is 6.00. The van der Waals surface area contributed by atoms with Crippen molar-refractivity contribution in [2.24, 2.45) is 7.05 Å². The Labute approximate surface area is 151 Å². The summed E-state index contributed by atoms with van der Waals surface area (Å²) >= 11 is 0. The number of amides is 2. The summed E-state index contributed by atoms with van der Waals surface area (Å²) in [6.07, 6.45) is 5.87. The second-order valence-electron chi connectivity index (χ2n) is 6.77. The summed E-state index contributed by atoms with van der Waals surface area (Å²) in [5.41, 5.74) is 2.36. The molecular formula is C19H23N3O4. The van der Waals surface area contributed by atoms with Gasteiger partial charge in [-0.3, -0.25) is 24.0 Å². The van der Waals surface area contributed by atoms with Gasteiger partial charge in [0.2, 0.25) is 11.8 Å². The second kappa shape index (κ2) is 7.68. The maximum Gasteiger partial charge on any atom is 0.329 e. The normalized spacial score (nSPS) is 17.5. The maximum atomic E-state index is 12.7. The molecule has 26 heavy (non-hydrogen) atoms. The lowest BCUT2D eigenvalue weighted by molar-refractivity contribution is -0.135. The van der Waals surface area contributed by atoms with Crippen LogP contribution in [-0.4, -0.2) is 27.2 Å². The molecule has 3 rings (SSSR count). The molecule has 1 unspecified atom stereocenters. The first-order chi connectivity index (χ1) is 12.5. The number of aromatic nitrogens is 2. The molecule has 1 fully saturated rings. The molecule has 138 valence electrons. The van der Waals surface area contributed by atoms with Gasteiger partial charge in [0.05, 0.1) is 11.0 Å². The lowest BCUT2D eigenvalue weighted by Crippen LogP contribution is -2.44. The van der Waals surface area contributed by atoms with E-state index in [4.69, 9.17) is 0 Å². The zero-order valence-electron chi connectivity index (χ0n) is 14.9. The first-order valence-electron chi connectivity index (χ1n) is 9.00. The van der Waals surface area contributed by atoms with Gasteiger partial charge in [-0.2, -0.15) is 0 Å². The second-order valence-corrected chi connectivity index (χ2v) is 6.77. The summed E-state index contributed by atoms with van der Waals surface area (Å²) in [5, 5.41) is 2.31. The summed E-state index contributed by atoms with van der Waals surface area (Å²) in [7, 11) is 1.70. The first-order valence-corrected chi connectivity index (χ1v) is 9.00. The standard InChI is InChI=1S/C19H23N3O4/c1-21-16-12-13(6-4-2-3-5-11-23)7-8-14(16)22(19(21)26)15-9-10-17(24)20-18(15)25/h7-8,11-12,15H,2-6,9-10H2,1H3,(H,20,24,25). The van der Waals surface area contributed by atoms with Crippen LogP contribution in [0.1, 0.15) is 50.1 Å². The van der Waals surface area contributed by atoms with Crippen LogP contribution in [0.5, 0.6) is 0 Å². The lowest BCUT2D eigenvalue weighted by Gasteiger charge is -2.21. The number of benzene rings is 1. The highest BCUT2D eigenvalue weighted by Crippen LogP contribution is 2.24. The molecule has 1 aliphatic rings. The minimum atomic E-state index is -0.655. The molecule has 7 heteroatoms. The molecule has 1 saturated heterocycles. The van der Waals surface area contributed by atoms with E-state index in [1.54, 1.807) is 11.6 Å². The highest BCUT2D eigenvalue weighted by Gasteiger charge is 2.31. The molecule has 0 aliphatic carbocycles. The summed E-state index contributed by atoms with van der Waals surface area (Å²) in [6, 6.07) is 5.18. The van der Waals surface area contributed by atoms with E-state index >= 15 is 0 Å². The number of aldehydes is 1. The van der Waals surface area contributed by atoms with Gasteiger partial charge in [-0.1, -0.05) is 12.5 Å². The van der Waals surface area contributed by atoms with E-state index in [1.165, 1.54) is 4.57 Å². The molecule has 2 heterocycles. The van der Waals surface area contributed by atoms with Gasteiger partial charge in [-0.05, 0) is 43.4 Å². The zero-order valence-corrected chi connectivity index (χ0v) is 14.9. The molecule has 7 nitrogen and oxygen atoms in total. The molecule has 1 aliphatic heterocycles. The predicted octanol–water partition coefficient (Wildman–Crippen LogP) is 1.62. The number of imidazole rings is 1. The van der Waals surface area contributed by atoms with Crippen molar-refractivity contribution in [1.82, 2.24) is 14.5 Å². The average Bonchev–Trinajstić information content (AvgIpc) is 2.86. The fourth-order valence-corrected chi connectivity index (χ4v) is 3.53. The Morgan fingerprint density at radius 3 is 2.69 bits per heavy atom. The molecule has 1 atom stereocenters. The minimum absolute atomic E-state index is 0.234. The van der Waals surface area contributed by atoms with Gasteiger partial charge < -0.3 is 4.79 Å². The Balaban J connectivity index is 1.86. The number of aryl methyl sites for hydroxylation is 2. The molecule has 1 aromatic carbocycles. The van der Waals surface area contributed by atoms with Gasteiger partial charge >= 0.3 is 5.69 Å². The summed E-state index contributed by atoms with van der Waals surface area (Å²) in [6.45, 7) is 0. The molecule has 0 spiro atoms. The average molecular weight is 357 g/mol. The van der Waals surface area contributed by atoms with Crippen LogP contribution in [0.2, 0.25) is 0 Å². The molecule has 0 bridgehead atoms. The third-order valence-electron chi connectivity index (χ3n) is 4.96. The third-order valence-corrected chi connectivity index (χ3v) is 4.96. The molecule has 2 aromatic rings. The van der Waals surface area contributed by atoms with E-state index in [9.17, 15) is 19.2 Å².